The van der Waals surface area contributed by atoms with Crippen LogP contribution in [0.3, 0.4) is 0 Å². The third-order valence-corrected chi connectivity index (χ3v) is 5.69. The molecule has 4 amide bonds. The zero-order valence-corrected chi connectivity index (χ0v) is 16.3. The Bertz CT molecular complexity index is 1100. The minimum absolute atomic E-state index is 0.375. The smallest absolute Gasteiger partial charge is 0.319 e. The number of amides is 4. The van der Waals surface area contributed by atoms with Gasteiger partial charge in [-0.25, -0.2) is 9.78 Å². The van der Waals surface area contributed by atoms with E-state index in [1.54, 1.807) is 49.4 Å². The fourth-order valence-corrected chi connectivity index (χ4v) is 4.22. The maximum atomic E-state index is 12.8. The second-order valence-electron chi connectivity index (χ2n) is 6.49. The van der Waals surface area contributed by atoms with Crippen molar-refractivity contribution in [3.8, 4) is 0 Å². The van der Waals surface area contributed by atoms with E-state index in [-0.39, 0.29) is 0 Å². The molecule has 142 valence electrons. The highest BCUT2D eigenvalue weighted by atomic mass is 35.5. The SMILES string of the molecule is C[C@]1(c2ccccc2)NC(=O)N(CC(=O)Nc2nc3ccc(Cl)cc3s2)C1=O. The first-order chi connectivity index (χ1) is 13.4. The van der Waals surface area contributed by atoms with E-state index in [1.807, 2.05) is 6.07 Å². The number of benzene rings is 2. The number of rotatable bonds is 4. The Morgan fingerprint density at radius 3 is 2.75 bits per heavy atom. The highest BCUT2D eigenvalue weighted by molar-refractivity contribution is 7.22. The van der Waals surface area contributed by atoms with Crippen LogP contribution in [0.15, 0.2) is 48.5 Å². The average molecular weight is 415 g/mol. The van der Waals surface area contributed by atoms with Crippen LogP contribution in [0, 0.1) is 0 Å². The maximum absolute atomic E-state index is 12.8. The number of thiazole rings is 1. The van der Waals surface area contributed by atoms with Crippen molar-refractivity contribution in [2.45, 2.75) is 12.5 Å². The van der Waals surface area contributed by atoms with Gasteiger partial charge in [-0.15, -0.1) is 0 Å². The first kappa shape index (κ1) is 18.4. The maximum Gasteiger partial charge on any atom is 0.325 e. The minimum atomic E-state index is -1.20. The molecule has 0 aliphatic carbocycles. The number of carbonyl (C=O) groups is 3. The standard InChI is InChI=1S/C19H15ClN4O3S/c1-19(11-5-3-2-4-6-11)16(26)24(18(27)23-19)10-15(25)22-17-21-13-8-7-12(20)9-14(13)28-17/h2-9H,10H2,1H3,(H,23,27)(H,21,22,25)/t19-/m1/s1. The number of halogens is 1. The molecule has 2 N–H and O–H groups in total. The Balaban J connectivity index is 1.49. The first-order valence-electron chi connectivity index (χ1n) is 8.42. The number of hydrogen-bond acceptors (Lipinski definition) is 5. The molecule has 1 atom stereocenters. The number of hydrogen-bond donors (Lipinski definition) is 2. The van der Waals surface area contributed by atoms with Crippen LogP contribution in [-0.2, 0) is 15.1 Å². The third-order valence-electron chi connectivity index (χ3n) is 4.52. The molecule has 2 aromatic carbocycles. The Kier molecular flexibility index (Phi) is 4.52. The molecule has 0 unspecified atom stereocenters. The zero-order chi connectivity index (χ0) is 19.9. The normalized spacial score (nSPS) is 19.1. The van der Waals surface area contributed by atoms with Gasteiger partial charge in [0.1, 0.15) is 12.1 Å². The molecule has 0 saturated carbocycles. The third kappa shape index (κ3) is 3.21. The predicted molar refractivity (Wildman–Crippen MR) is 107 cm³/mol. The highest BCUT2D eigenvalue weighted by Crippen LogP contribution is 2.30. The van der Waals surface area contributed by atoms with Crippen molar-refractivity contribution in [3.05, 3.63) is 59.1 Å². The lowest BCUT2D eigenvalue weighted by molar-refractivity contribution is -0.133. The molecule has 1 fully saturated rings. The summed E-state index contributed by atoms with van der Waals surface area (Å²) in [6.07, 6.45) is 0. The van der Waals surface area contributed by atoms with E-state index >= 15 is 0 Å². The Labute approximate surface area is 169 Å². The molecular weight excluding hydrogens is 400 g/mol. The summed E-state index contributed by atoms with van der Waals surface area (Å²) in [6.45, 7) is 1.22. The number of imide groups is 1. The van der Waals surface area contributed by atoms with Crippen molar-refractivity contribution in [2.75, 3.05) is 11.9 Å². The topological polar surface area (TPSA) is 91.4 Å². The van der Waals surface area contributed by atoms with Crippen LogP contribution in [-0.4, -0.2) is 34.3 Å². The van der Waals surface area contributed by atoms with Crippen LogP contribution < -0.4 is 10.6 Å². The van der Waals surface area contributed by atoms with Gasteiger partial charge in [0.2, 0.25) is 5.91 Å². The van der Waals surface area contributed by atoms with Crippen LogP contribution in [0.4, 0.5) is 9.93 Å². The van der Waals surface area contributed by atoms with E-state index in [4.69, 9.17) is 11.6 Å². The Hall–Kier alpha value is -2.97. The summed E-state index contributed by atoms with van der Waals surface area (Å²) >= 11 is 7.22. The van der Waals surface area contributed by atoms with E-state index < -0.39 is 29.9 Å². The molecule has 4 rings (SSSR count). The molecular formula is C19H15ClN4O3S. The summed E-state index contributed by atoms with van der Waals surface area (Å²) < 4.78 is 0.828. The van der Waals surface area contributed by atoms with Gasteiger partial charge in [-0.2, -0.15) is 0 Å². The molecule has 1 aromatic heterocycles. The van der Waals surface area contributed by atoms with Gasteiger partial charge in [0.05, 0.1) is 10.2 Å². The summed E-state index contributed by atoms with van der Waals surface area (Å²) in [5, 5.41) is 6.26. The zero-order valence-electron chi connectivity index (χ0n) is 14.7. The molecule has 0 bridgehead atoms. The summed E-state index contributed by atoms with van der Waals surface area (Å²) in [5.41, 5.74) is 0.154. The van der Waals surface area contributed by atoms with Crippen LogP contribution in [0.2, 0.25) is 5.02 Å². The lowest BCUT2D eigenvalue weighted by atomic mass is 9.92. The van der Waals surface area contributed by atoms with Crippen LogP contribution in [0.5, 0.6) is 0 Å². The molecule has 28 heavy (non-hydrogen) atoms. The van der Waals surface area contributed by atoms with Gasteiger partial charge < -0.3 is 10.6 Å². The van der Waals surface area contributed by atoms with Gasteiger partial charge in [-0.3, -0.25) is 14.5 Å². The van der Waals surface area contributed by atoms with Gasteiger partial charge in [-0.1, -0.05) is 53.3 Å². The minimum Gasteiger partial charge on any atom is -0.319 e. The molecule has 9 heteroatoms. The second kappa shape index (κ2) is 6.88. The summed E-state index contributed by atoms with van der Waals surface area (Å²) in [4.78, 5) is 42.8. The quantitative estimate of drug-likeness (QED) is 0.640. The van der Waals surface area contributed by atoms with Gasteiger partial charge in [-0.05, 0) is 30.7 Å². The first-order valence-corrected chi connectivity index (χ1v) is 9.62. The molecule has 2 heterocycles. The van der Waals surface area contributed by atoms with Crippen LogP contribution in [0.25, 0.3) is 10.2 Å². The molecule has 3 aromatic rings. The van der Waals surface area contributed by atoms with Crippen molar-refractivity contribution in [3.63, 3.8) is 0 Å². The van der Waals surface area contributed by atoms with E-state index in [0.717, 1.165) is 9.60 Å². The van der Waals surface area contributed by atoms with Gasteiger partial charge in [0.25, 0.3) is 5.91 Å². The van der Waals surface area contributed by atoms with Gasteiger partial charge in [0.15, 0.2) is 5.13 Å². The van der Waals surface area contributed by atoms with Gasteiger partial charge in [0, 0.05) is 5.02 Å². The lowest BCUT2D eigenvalue weighted by Crippen LogP contribution is -2.42. The number of nitrogens with zero attached hydrogens (tertiary/aromatic N) is 2. The van der Waals surface area contributed by atoms with Crippen molar-refractivity contribution in [1.82, 2.24) is 15.2 Å². The predicted octanol–water partition coefficient (Wildman–Crippen LogP) is 3.36. The van der Waals surface area contributed by atoms with E-state index in [9.17, 15) is 14.4 Å². The highest BCUT2D eigenvalue weighted by Gasteiger charge is 2.49. The Morgan fingerprint density at radius 1 is 1.25 bits per heavy atom. The van der Waals surface area contributed by atoms with Crippen molar-refractivity contribution >= 4 is 56.1 Å². The molecule has 0 radical (unpaired) electrons. The molecule has 7 nitrogen and oxygen atoms in total. The second-order valence-corrected chi connectivity index (χ2v) is 7.96. The average Bonchev–Trinajstić information content (AvgIpc) is 3.15. The number of nitrogens with one attached hydrogen (secondary N) is 2. The Morgan fingerprint density at radius 2 is 2.00 bits per heavy atom. The number of aromatic nitrogens is 1. The fourth-order valence-electron chi connectivity index (χ4n) is 3.06. The van der Waals surface area contributed by atoms with E-state index in [2.05, 4.69) is 15.6 Å². The van der Waals surface area contributed by atoms with Crippen molar-refractivity contribution in [2.24, 2.45) is 0 Å². The fraction of sp³-hybridized carbons (Fsp3) is 0.158. The molecule has 1 saturated heterocycles. The number of urea groups is 1. The summed E-state index contributed by atoms with van der Waals surface area (Å²) in [7, 11) is 0. The largest absolute Gasteiger partial charge is 0.325 e. The number of carbonyl (C=O) groups excluding carboxylic acids is 3. The number of fused-ring (bicyclic) bond motifs is 1. The summed E-state index contributed by atoms with van der Waals surface area (Å²) in [6, 6.07) is 13.5. The van der Waals surface area contributed by atoms with Gasteiger partial charge >= 0.3 is 6.03 Å². The molecule has 1 aliphatic rings. The lowest BCUT2D eigenvalue weighted by Gasteiger charge is -2.21. The van der Waals surface area contributed by atoms with Crippen molar-refractivity contribution < 1.29 is 14.4 Å². The molecule has 1 aliphatic heterocycles. The number of anilines is 1. The van der Waals surface area contributed by atoms with Crippen LogP contribution in [0.1, 0.15) is 12.5 Å². The van der Waals surface area contributed by atoms with E-state index in [1.165, 1.54) is 11.3 Å². The van der Waals surface area contributed by atoms with Crippen LogP contribution >= 0.6 is 22.9 Å². The molecule has 0 spiro atoms. The monoisotopic (exact) mass is 414 g/mol. The summed E-state index contributed by atoms with van der Waals surface area (Å²) in [5.74, 6) is -0.985. The van der Waals surface area contributed by atoms with Crippen molar-refractivity contribution in [1.29, 1.82) is 0 Å². The van der Waals surface area contributed by atoms with E-state index in [0.29, 0.717) is 21.2 Å².